The van der Waals surface area contributed by atoms with Crippen LogP contribution < -0.4 is 11.1 Å². The van der Waals surface area contributed by atoms with Crippen molar-refractivity contribution >= 4 is 33.2 Å². The van der Waals surface area contributed by atoms with E-state index in [0.717, 1.165) is 15.6 Å². The summed E-state index contributed by atoms with van der Waals surface area (Å²) in [5.74, 6) is -0.137. The summed E-state index contributed by atoms with van der Waals surface area (Å²) >= 11 is 3.37. The number of carbonyl (C=O) groups is 1. The number of rotatable bonds is 2. The molecule has 0 radical (unpaired) electrons. The van der Waals surface area contributed by atoms with Crippen molar-refractivity contribution in [3.05, 3.63) is 57.6 Å². The highest BCUT2D eigenvalue weighted by Crippen LogP contribution is 2.20. The number of benzene rings is 2. The minimum absolute atomic E-state index is 0.137. The molecule has 1 amide bonds. The van der Waals surface area contributed by atoms with E-state index in [-0.39, 0.29) is 5.91 Å². The molecular weight excluding hydrogens is 304 g/mol. The maximum absolute atomic E-state index is 12.2. The molecule has 0 spiro atoms. The van der Waals surface area contributed by atoms with Crippen LogP contribution in [0.2, 0.25) is 0 Å². The van der Waals surface area contributed by atoms with Crippen molar-refractivity contribution in [3.8, 4) is 0 Å². The van der Waals surface area contributed by atoms with Crippen molar-refractivity contribution < 1.29 is 4.79 Å². The molecule has 98 valence electrons. The average Bonchev–Trinajstić information content (AvgIpc) is 2.36. The van der Waals surface area contributed by atoms with Crippen LogP contribution in [0.1, 0.15) is 21.5 Å². The number of amides is 1. The van der Waals surface area contributed by atoms with Gasteiger partial charge >= 0.3 is 0 Å². The number of nitrogens with two attached hydrogens (primary N) is 1. The van der Waals surface area contributed by atoms with Crippen LogP contribution in [0.3, 0.4) is 0 Å². The van der Waals surface area contributed by atoms with Gasteiger partial charge in [-0.25, -0.2) is 0 Å². The first-order chi connectivity index (χ1) is 8.97. The van der Waals surface area contributed by atoms with E-state index in [1.807, 2.05) is 44.2 Å². The average molecular weight is 319 g/mol. The summed E-state index contributed by atoms with van der Waals surface area (Å²) in [6, 6.07) is 11.1. The molecular formula is C15H15BrN2O. The predicted octanol–water partition coefficient (Wildman–Crippen LogP) is 3.90. The van der Waals surface area contributed by atoms with Crippen LogP contribution in [0.15, 0.2) is 40.9 Å². The van der Waals surface area contributed by atoms with Crippen LogP contribution in [0.25, 0.3) is 0 Å². The normalized spacial score (nSPS) is 10.3. The lowest BCUT2D eigenvalue weighted by Gasteiger charge is -2.09. The first kappa shape index (κ1) is 13.6. The van der Waals surface area contributed by atoms with Gasteiger partial charge in [0.25, 0.3) is 5.91 Å². The molecule has 0 aromatic heterocycles. The van der Waals surface area contributed by atoms with Crippen LogP contribution in [0.5, 0.6) is 0 Å². The first-order valence-electron chi connectivity index (χ1n) is 5.91. The lowest BCUT2D eigenvalue weighted by Crippen LogP contribution is -2.13. The van der Waals surface area contributed by atoms with Crippen LogP contribution in [-0.2, 0) is 0 Å². The summed E-state index contributed by atoms with van der Waals surface area (Å²) in [6.07, 6.45) is 0. The molecule has 2 aromatic carbocycles. The molecule has 0 atom stereocenters. The number of hydrogen-bond acceptors (Lipinski definition) is 2. The fourth-order valence-corrected chi connectivity index (χ4v) is 2.12. The van der Waals surface area contributed by atoms with E-state index >= 15 is 0 Å². The minimum atomic E-state index is -0.137. The van der Waals surface area contributed by atoms with E-state index in [2.05, 4.69) is 21.2 Å². The summed E-state index contributed by atoms with van der Waals surface area (Å²) in [7, 11) is 0. The summed E-state index contributed by atoms with van der Waals surface area (Å²) < 4.78 is 0.881. The number of hydrogen-bond donors (Lipinski definition) is 2. The van der Waals surface area contributed by atoms with Gasteiger partial charge in [-0.3, -0.25) is 4.79 Å². The fraction of sp³-hybridized carbons (Fsp3) is 0.133. The van der Waals surface area contributed by atoms with Gasteiger partial charge < -0.3 is 11.1 Å². The molecule has 0 unspecified atom stereocenters. The van der Waals surface area contributed by atoms with E-state index in [0.29, 0.717) is 16.9 Å². The van der Waals surface area contributed by atoms with Crippen LogP contribution >= 0.6 is 15.9 Å². The van der Waals surface area contributed by atoms with Crippen molar-refractivity contribution in [2.45, 2.75) is 13.8 Å². The number of aryl methyl sites for hydroxylation is 2. The second-order valence-corrected chi connectivity index (χ2v) is 5.40. The Bertz CT molecular complexity index is 638. The van der Waals surface area contributed by atoms with Gasteiger partial charge in [0, 0.05) is 21.4 Å². The topological polar surface area (TPSA) is 55.1 Å². The molecule has 4 heteroatoms. The molecule has 0 bridgehead atoms. The van der Waals surface area contributed by atoms with Crippen molar-refractivity contribution in [2.24, 2.45) is 0 Å². The molecule has 0 aliphatic rings. The standard InChI is InChI=1S/C15H15BrN2O/c1-9-3-5-11(16)7-13(9)15(19)18-12-6-4-10(2)14(17)8-12/h3-8H,17H2,1-2H3,(H,18,19). The van der Waals surface area contributed by atoms with E-state index in [9.17, 15) is 4.79 Å². The summed E-state index contributed by atoms with van der Waals surface area (Å²) in [6.45, 7) is 3.84. The van der Waals surface area contributed by atoms with E-state index < -0.39 is 0 Å². The van der Waals surface area contributed by atoms with Gasteiger partial charge in [0.2, 0.25) is 0 Å². The summed E-state index contributed by atoms with van der Waals surface area (Å²) in [4.78, 5) is 12.2. The molecule has 3 nitrogen and oxygen atoms in total. The van der Waals surface area contributed by atoms with E-state index in [4.69, 9.17) is 5.73 Å². The third-order valence-electron chi connectivity index (χ3n) is 2.98. The van der Waals surface area contributed by atoms with Gasteiger partial charge in [0.15, 0.2) is 0 Å². The summed E-state index contributed by atoms with van der Waals surface area (Å²) in [5.41, 5.74) is 9.78. The fourth-order valence-electron chi connectivity index (χ4n) is 1.76. The van der Waals surface area contributed by atoms with Crippen LogP contribution in [0, 0.1) is 13.8 Å². The zero-order valence-corrected chi connectivity index (χ0v) is 12.4. The van der Waals surface area contributed by atoms with Gasteiger partial charge in [0.05, 0.1) is 0 Å². The lowest BCUT2D eigenvalue weighted by molar-refractivity contribution is 0.102. The number of nitrogens with one attached hydrogen (secondary N) is 1. The zero-order valence-electron chi connectivity index (χ0n) is 10.8. The minimum Gasteiger partial charge on any atom is -0.398 e. The highest BCUT2D eigenvalue weighted by Gasteiger charge is 2.10. The smallest absolute Gasteiger partial charge is 0.255 e. The maximum atomic E-state index is 12.2. The molecule has 0 aliphatic heterocycles. The molecule has 3 N–H and O–H groups in total. The van der Waals surface area contributed by atoms with Gasteiger partial charge in [-0.2, -0.15) is 0 Å². The third kappa shape index (κ3) is 3.15. The van der Waals surface area contributed by atoms with E-state index in [1.165, 1.54) is 0 Å². The molecule has 0 heterocycles. The van der Waals surface area contributed by atoms with Crippen molar-refractivity contribution in [3.63, 3.8) is 0 Å². The molecule has 0 aliphatic carbocycles. The second kappa shape index (κ2) is 5.45. The van der Waals surface area contributed by atoms with Crippen LogP contribution in [0.4, 0.5) is 11.4 Å². The quantitative estimate of drug-likeness (QED) is 0.825. The van der Waals surface area contributed by atoms with Gasteiger partial charge in [0.1, 0.15) is 0 Å². The SMILES string of the molecule is Cc1ccc(NC(=O)c2cc(Br)ccc2C)cc1N. The Morgan fingerprint density at radius 1 is 1.11 bits per heavy atom. The summed E-state index contributed by atoms with van der Waals surface area (Å²) in [5, 5.41) is 2.85. The second-order valence-electron chi connectivity index (χ2n) is 4.48. The Hall–Kier alpha value is -1.81. The molecule has 2 rings (SSSR count). The Labute approximate surface area is 121 Å². The Morgan fingerprint density at radius 2 is 1.79 bits per heavy atom. The predicted molar refractivity (Wildman–Crippen MR) is 82.4 cm³/mol. The molecule has 0 fully saturated rings. The largest absolute Gasteiger partial charge is 0.398 e. The highest BCUT2D eigenvalue weighted by atomic mass is 79.9. The molecule has 0 saturated heterocycles. The Balaban J connectivity index is 2.25. The molecule has 19 heavy (non-hydrogen) atoms. The highest BCUT2D eigenvalue weighted by molar-refractivity contribution is 9.10. The molecule has 0 saturated carbocycles. The van der Waals surface area contributed by atoms with Crippen molar-refractivity contribution in [2.75, 3.05) is 11.1 Å². The Kier molecular flexibility index (Phi) is 3.90. The van der Waals surface area contributed by atoms with Gasteiger partial charge in [-0.1, -0.05) is 28.1 Å². The first-order valence-corrected chi connectivity index (χ1v) is 6.70. The number of halogens is 1. The Morgan fingerprint density at radius 3 is 2.47 bits per heavy atom. The monoisotopic (exact) mass is 318 g/mol. The number of anilines is 2. The molecule has 2 aromatic rings. The number of carbonyl (C=O) groups excluding carboxylic acids is 1. The lowest BCUT2D eigenvalue weighted by atomic mass is 10.1. The zero-order chi connectivity index (χ0) is 14.0. The third-order valence-corrected chi connectivity index (χ3v) is 3.47. The van der Waals surface area contributed by atoms with Crippen molar-refractivity contribution in [1.29, 1.82) is 0 Å². The van der Waals surface area contributed by atoms with Crippen molar-refractivity contribution in [1.82, 2.24) is 0 Å². The number of nitrogen functional groups attached to an aromatic ring is 1. The van der Waals surface area contributed by atoms with Gasteiger partial charge in [-0.05, 0) is 49.2 Å². The van der Waals surface area contributed by atoms with E-state index in [1.54, 1.807) is 6.07 Å². The van der Waals surface area contributed by atoms with Gasteiger partial charge in [-0.15, -0.1) is 0 Å². The van der Waals surface area contributed by atoms with Crippen LogP contribution in [-0.4, -0.2) is 5.91 Å². The maximum Gasteiger partial charge on any atom is 0.255 e.